The van der Waals surface area contributed by atoms with E-state index >= 15 is 0 Å². The lowest BCUT2D eigenvalue weighted by Crippen LogP contribution is -2.31. The van der Waals surface area contributed by atoms with E-state index in [1.54, 1.807) is 13.3 Å². The van der Waals surface area contributed by atoms with Crippen LogP contribution in [0.3, 0.4) is 0 Å². The fourth-order valence-corrected chi connectivity index (χ4v) is 2.79. The zero-order valence-electron chi connectivity index (χ0n) is 11.8. The number of nitrogens with two attached hydrogens (primary N) is 1. The van der Waals surface area contributed by atoms with Gasteiger partial charge in [0.1, 0.15) is 5.69 Å². The molecule has 0 saturated heterocycles. The number of methoxy groups -OCH3 is 1. The van der Waals surface area contributed by atoms with Gasteiger partial charge in [0.15, 0.2) is 5.75 Å². The summed E-state index contributed by atoms with van der Waals surface area (Å²) in [5.41, 5.74) is 4.89. The number of nitrogens with one attached hydrogen (secondary N) is 1. The minimum Gasteiger partial charge on any atom is -0.493 e. The Labute approximate surface area is 132 Å². The molecule has 0 bridgehead atoms. The molecule has 5 nitrogen and oxygen atoms in total. The van der Waals surface area contributed by atoms with Gasteiger partial charge in [-0.05, 0) is 54.1 Å². The van der Waals surface area contributed by atoms with Gasteiger partial charge in [-0.2, -0.15) is 5.10 Å². The summed E-state index contributed by atoms with van der Waals surface area (Å²) < 4.78 is 8.53. The standard InChI is InChI=1S/C14H19IN4O/c1-9(2)19-14(12(20-3)8-17-19)13(18-16)10-5-4-6-11(15)7-10/h4-9,13,18H,16H2,1-3H3. The zero-order chi connectivity index (χ0) is 14.7. The van der Waals surface area contributed by atoms with Crippen LogP contribution in [0.1, 0.15) is 37.2 Å². The van der Waals surface area contributed by atoms with E-state index in [1.165, 1.54) is 0 Å². The summed E-state index contributed by atoms with van der Waals surface area (Å²) in [7, 11) is 1.65. The molecule has 1 aromatic carbocycles. The molecule has 2 aromatic rings. The number of hydrogen-bond acceptors (Lipinski definition) is 4. The molecule has 1 atom stereocenters. The van der Waals surface area contributed by atoms with Crippen molar-refractivity contribution in [2.24, 2.45) is 5.84 Å². The van der Waals surface area contributed by atoms with Gasteiger partial charge in [-0.3, -0.25) is 10.5 Å². The van der Waals surface area contributed by atoms with Crippen LogP contribution in [0.4, 0.5) is 0 Å². The van der Waals surface area contributed by atoms with Crippen LogP contribution in [-0.4, -0.2) is 16.9 Å². The maximum atomic E-state index is 5.79. The SMILES string of the molecule is COc1cnn(C(C)C)c1C(NN)c1cccc(I)c1. The molecule has 0 fully saturated rings. The highest BCUT2D eigenvalue weighted by molar-refractivity contribution is 14.1. The van der Waals surface area contributed by atoms with Crippen molar-refractivity contribution in [2.75, 3.05) is 7.11 Å². The van der Waals surface area contributed by atoms with Crippen molar-refractivity contribution < 1.29 is 4.74 Å². The molecule has 0 aliphatic heterocycles. The maximum absolute atomic E-state index is 5.79. The normalized spacial score (nSPS) is 12.7. The van der Waals surface area contributed by atoms with E-state index < -0.39 is 0 Å². The van der Waals surface area contributed by atoms with Crippen LogP contribution in [0.25, 0.3) is 0 Å². The van der Waals surface area contributed by atoms with Crippen LogP contribution in [0.15, 0.2) is 30.5 Å². The Balaban J connectivity index is 2.54. The predicted molar refractivity (Wildman–Crippen MR) is 87.5 cm³/mol. The van der Waals surface area contributed by atoms with Crippen molar-refractivity contribution in [2.45, 2.75) is 25.9 Å². The third-order valence-electron chi connectivity index (χ3n) is 3.13. The van der Waals surface area contributed by atoms with Crippen LogP contribution in [0.2, 0.25) is 0 Å². The minimum absolute atomic E-state index is 0.162. The van der Waals surface area contributed by atoms with Crippen molar-refractivity contribution in [3.63, 3.8) is 0 Å². The van der Waals surface area contributed by atoms with E-state index in [9.17, 15) is 0 Å². The number of benzene rings is 1. The maximum Gasteiger partial charge on any atom is 0.161 e. The summed E-state index contributed by atoms with van der Waals surface area (Å²) in [6.07, 6.45) is 1.73. The summed E-state index contributed by atoms with van der Waals surface area (Å²) in [6.45, 7) is 4.16. The van der Waals surface area contributed by atoms with Crippen molar-refractivity contribution >= 4 is 22.6 Å². The van der Waals surface area contributed by atoms with Crippen LogP contribution in [0.5, 0.6) is 5.75 Å². The Hall–Kier alpha value is -1.12. The van der Waals surface area contributed by atoms with Gasteiger partial charge >= 0.3 is 0 Å². The van der Waals surface area contributed by atoms with Gasteiger partial charge in [0.05, 0.1) is 19.3 Å². The molecule has 0 radical (unpaired) electrons. The first-order chi connectivity index (χ1) is 9.58. The van der Waals surface area contributed by atoms with Crippen molar-refractivity contribution in [3.8, 4) is 5.75 Å². The third kappa shape index (κ3) is 2.97. The number of hydrogen-bond donors (Lipinski definition) is 2. The summed E-state index contributed by atoms with van der Waals surface area (Å²) >= 11 is 2.29. The van der Waals surface area contributed by atoms with Crippen molar-refractivity contribution in [1.29, 1.82) is 0 Å². The number of ether oxygens (including phenoxy) is 1. The summed E-state index contributed by atoms with van der Waals surface area (Å²) in [5, 5.41) is 4.40. The topological polar surface area (TPSA) is 65.1 Å². The molecule has 1 unspecified atom stereocenters. The van der Waals surface area contributed by atoms with Crippen LogP contribution < -0.4 is 16.0 Å². The molecule has 1 aromatic heterocycles. The molecule has 0 saturated carbocycles. The molecule has 20 heavy (non-hydrogen) atoms. The molecule has 2 rings (SSSR count). The molecule has 1 heterocycles. The average Bonchev–Trinajstić information content (AvgIpc) is 2.84. The van der Waals surface area contributed by atoms with E-state index in [0.717, 1.165) is 20.6 Å². The number of halogens is 1. The summed E-state index contributed by atoms with van der Waals surface area (Å²) in [6, 6.07) is 8.28. The van der Waals surface area contributed by atoms with Gasteiger partial charge in [-0.25, -0.2) is 5.43 Å². The van der Waals surface area contributed by atoms with Crippen LogP contribution in [-0.2, 0) is 0 Å². The number of rotatable bonds is 5. The Morgan fingerprint density at radius 2 is 2.15 bits per heavy atom. The number of nitrogens with zero attached hydrogens (tertiary/aromatic N) is 2. The van der Waals surface area contributed by atoms with Crippen LogP contribution >= 0.6 is 22.6 Å². The first kappa shape index (κ1) is 15.3. The van der Waals surface area contributed by atoms with E-state index in [2.05, 4.69) is 59.1 Å². The number of hydrazine groups is 1. The Morgan fingerprint density at radius 1 is 1.40 bits per heavy atom. The summed E-state index contributed by atoms with van der Waals surface area (Å²) in [4.78, 5) is 0. The Morgan fingerprint density at radius 3 is 2.70 bits per heavy atom. The van der Waals surface area contributed by atoms with Gasteiger partial charge in [-0.1, -0.05) is 12.1 Å². The lowest BCUT2D eigenvalue weighted by atomic mass is 10.0. The second kappa shape index (κ2) is 6.55. The third-order valence-corrected chi connectivity index (χ3v) is 3.80. The molecule has 3 N–H and O–H groups in total. The molecular formula is C14H19IN4O. The molecular weight excluding hydrogens is 367 g/mol. The van der Waals surface area contributed by atoms with Gasteiger partial charge in [-0.15, -0.1) is 0 Å². The highest BCUT2D eigenvalue weighted by Crippen LogP contribution is 2.31. The lowest BCUT2D eigenvalue weighted by molar-refractivity contribution is 0.394. The Kier molecular flexibility index (Phi) is 5.00. The lowest BCUT2D eigenvalue weighted by Gasteiger charge is -2.21. The van der Waals surface area contributed by atoms with Crippen molar-refractivity contribution in [1.82, 2.24) is 15.2 Å². The van der Waals surface area contributed by atoms with Gasteiger partial charge in [0, 0.05) is 9.61 Å². The fraction of sp³-hybridized carbons (Fsp3) is 0.357. The highest BCUT2D eigenvalue weighted by atomic mass is 127. The molecule has 6 heteroatoms. The van der Waals surface area contributed by atoms with Crippen molar-refractivity contribution in [3.05, 3.63) is 45.3 Å². The van der Waals surface area contributed by atoms with Gasteiger partial charge < -0.3 is 4.74 Å². The van der Waals surface area contributed by atoms with Gasteiger partial charge in [0.2, 0.25) is 0 Å². The van der Waals surface area contributed by atoms with Crippen LogP contribution in [0, 0.1) is 3.57 Å². The largest absolute Gasteiger partial charge is 0.493 e. The van der Waals surface area contributed by atoms with E-state index in [0.29, 0.717) is 0 Å². The van der Waals surface area contributed by atoms with Gasteiger partial charge in [0.25, 0.3) is 0 Å². The monoisotopic (exact) mass is 386 g/mol. The van der Waals surface area contributed by atoms with E-state index in [-0.39, 0.29) is 12.1 Å². The molecule has 108 valence electrons. The molecule has 0 amide bonds. The van der Waals surface area contributed by atoms with E-state index in [4.69, 9.17) is 10.6 Å². The zero-order valence-corrected chi connectivity index (χ0v) is 14.0. The predicted octanol–water partition coefficient (Wildman–Crippen LogP) is 2.63. The average molecular weight is 386 g/mol. The Bertz CT molecular complexity index is 582. The second-order valence-corrected chi connectivity index (χ2v) is 6.04. The smallest absolute Gasteiger partial charge is 0.161 e. The first-order valence-electron chi connectivity index (χ1n) is 6.41. The minimum atomic E-state index is -0.162. The fourth-order valence-electron chi connectivity index (χ4n) is 2.22. The molecule has 0 aliphatic carbocycles. The van der Waals surface area contributed by atoms with E-state index in [1.807, 2.05) is 16.8 Å². The highest BCUT2D eigenvalue weighted by Gasteiger charge is 2.24. The molecule has 0 spiro atoms. The second-order valence-electron chi connectivity index (χ2n) is 4.79. The first-order valence-corrected chi connectivity index (χ1v) is 7.49. The summed E-state index contributed by atoms with van der Waals surface area (Å²) in [5.74, 6) is 6.53. The molecule has 0 aliphatic rings. The number of aromatic nitrogens is 2. The quantitative estimate of drug-likeness (QED) is 0.471.